The van der Waals surface area contributed by atoms with Gasteiger partial charge in [-0.2, -0.15) is 0 Å². The number of amides is 2. The summed E-state index contributed by atoms with van der Waals surface area (Å²) >= 11 is 1.53. The number of nitrogens with zero attached hydrogens (tertiary/aromatic N) is 2. The Morgan fingerprint density at radius 2 is 1.90 bits per heavy atom. The van der Waals surface area contributed by atoms with Gasteiger partial charge in [0, 0.05) is 47.9 Å². The molecule has 30 heavy (non-hydrogen) atoms. The molecule has 0 radical (unpaired) electrons. The smallest absolute Gasteiger partial charge is 0.256 e. The van der Waals surface area contributed by atoms with E-state index in [0.717, 1.165) is 22.7 Å². The minimum atomic E-state index is -0.875. The van der Waals surface area contributed by atoms with Crippen molar-refractivity contribution in [1.82, 2.24) is 9.88 Å². The predicted molar refractivity (Wildman–Crippen MR) is 111 cm³/mol. The number of thiazole rings is 1. The number of halogens is 2. The molecule has 1 N–H and O–H groups in total. The number of rotatable bonds is 4. The second-order valence-corrected chi connectivity index (χ2v) is 7.99. The molecule has 1 aromatic heterocycles. The SMILES string of the molecule is O=C(Nc1cccc(-c2nccs2)c1)C1CCN(C(=O)c2ccc(F)cc2F)CC1. The summed E-state index contributed by atoms with van der Waals surface area (Å²) in [5, 5.41) is 5.71. The molecule has 1 aliphatic rings. The molecule has 5 nitrogen and oxygen atoms in total. The lowest BCUT2D eigenvalue weighted by atomic mass is 9.95. The molecule has 0 aliphatic carbocycles. The minimum Gasteiger partial charge on any atom is -0.339 e. The van der Waals surface area contributed by atoms with Crippen molar-refractivity contribution < 1.29 is 18.4 Å². The number of piperidine rings is 1. The van der Waals surface area contributed by atoms with E-state index < -0.39 is 17.5 Å². The molecular formula is C22H19F2N3O2S. The van der Waals surface area contributed by atoms with Crippen LogP contribution in [0.4, 0.5) is 14.5 Å². The van der Waals surface area contributed by atoms with E-state index in [0.29, 0.717) is 37.7 Å². The molecule has 2 heterocycles. The van der Waals surface area contributed by atoms with Gasteiger partial charge in [-0.05, 0) is 37.1 Å². The summed E-state index contributed by atoms with van der Waals surface area (Å²) in [6, 6.07) is 10.4. The first-order chi connectivity index (χ1) is 14.5. The number of benzene rings is 2. The predicted octanol–water partition coefficient (Wildman–Crippen LogP) is 4.58. The van der Waals surface area contributed by atoms with Crippen molar-refractivity contribution in [2.75, 3.05) is 18.4 Å². The highest BCUT2D eigenvalue weighted by Crippen LogP contribution is 2.26. The van der Waals surface area contributed by atoms with Crippen molar-refractivity contribution in [3.05, 3.63) is 71.2 Å². The first-order valence-electron chi connectivity index (χ1n) is 9.56. The van der Waals surface area contributed by atoms with Crippen LogP contribution >= 0.6 is 11.3 Å². The third-order valence-electron chi connectivity index (χ3n) is 5.12. The third kappa shape index (κ3) is 4.38. The molecule has 1 aliphatic heterocycles. The Hall–Kier alpha value is -3.13. The van der Waals surface area contributed by atoms with E-state index in [4.69, 9.17) is 0 Å². The summed E-state index contributed by atoms with van der Waals surface area (Å²) in [4.78, 5) is 31.0. The zero-order valence-corrected chi connectivity index (χ0v) is 16.8. The maximum atomic E-state index is 13.9. The second kappa shape index (κ2) is 8.71. The molecule has 8 heteroatoms. The van der Waals surface area contributed by atoms with Crippen LogP contribution in [0.2, 0.25) is 0 Å². The van der Waals surface area contributed by atoms with E-state index >= 15 is 0 Å². The van der Waals surface area contributed by atoms with Crippen LogP contribution in [0.25, 0.3) is 10.6 Å². The number of likely N-dealkylation sites (tertiary alicyclic amines) is 1. The van der Waals surface area contributed by atoms with E-state index in [1.807, 2.05) is 29.6 Å². The maximum absolute atomic E-state index is 13.9. The van der Waals surface area contributed by atoms with Gasteiger partial charge >= 0.3 is 0 Å². The highest BCUT2D eigenvalue weighted by molar-refractivity contribution is 7.13. The highest BCUT2D eigenvalue weighted by atomic mass is 32.1. The van der Waals surface area contributed by atoms with Crippen molar-refractivity contribution in [2.24, 2.45) is 5.92 Å². The molecule has 3 aromatic rings. The average molecular weight is 427 g/mol. The van der Waals surface area contributed by atoms with Gasteiger partial charge in [0.1, 0.15) is 16.6 Å². The van der Waals surface area contributed by atoms with Crippen LogP contribution in [-0.2, 0) is 4.79 Å². The van der Waals surface area contributed by atoms with Gasteiger partial charge in [-0.25, -0.2) is 13.8 Å². The number of aromatic nitrogens is 1. The second-order valence-electron chi connectivity index (χ2n) is 7.10. The van der Waals surface area contributed by atoms with Crippen molar-refractivity contribution in [3.63, 3.8) is 0 Å². The number of nitrogens with one attached hydrogen (secondary N) is 1. The lowest BCUT2D eigenvalue weighted by molar-refractivity contribution is -0.121. The van der Waals surface area contributed by atoms with Gasteiger partial charge in [-0.1, -0.05) is 12.1 Å². The van der Waals surface area contributed by atoms with Crippen LogP contribution in [0.3, 0.4) is 0 Å². The van der Waals surface area contributed by atoms with Crippen LogP contribution < -0.4 is 5.32 Å². The van der Waals surface area contributed by atoms with Gasteiger partial charge in [0.2, 0.25) is 5.91 Å². The zero-order chi connectivity index (χ0) is 21.1. The minimum absolute atomic E-state index is 0.105. The van der Waals surface area contributed by atoms with Gasteiger partial charge in [-0.3, -0.25) is 9.59 Å². The summed E-state index contributed by atoms with van der Waals surface area (Å²) in [6.45, 7) is 0.680. The molecule has 2 amide bonds. The number of carbonyl (C=O) groups excluding carboxylic acids is 2. The summed E-state index contributed by atoms with van der Waals surface area (Å²) < 4.78 is 26.9. The Morgan fingerprint density at radius 3 is 2.60 bits per heavy atom. The van der Waals surface area contributed by atoms with Crippen molar-refractivity contribution in [3.8, 4) is 10.6 Å². The molecule has 0 atom stereocenters. The topological polar surface area (TPSA) is 62.3 Å². The quantitative estimate of drug-likeness (QED) is 0.663. The Balaban J connectivity index is 1.35. The first kappa shape index (κ1) is 20.2. The van der Waals surface area contributed by atoms with Crippen molar-refractivity contribution in [1.29, 1.82) is 0 Å². The summed E-state index contributed by atoms with van der Waals surface area (Å²) in [6.07, 6.45) is 2.69. The lowest BCUT2D eigenvalue weighted by Crippen LogP contribution is -2.41. The molecule has 0 spiro atoms. The lowest BCUT2D eigenvalue weighted by Gasteiger charge is -2.31. The van der Waals surface area contributed by atoms with E-state index in [1.54, 1.807) is 6.20 Å². The molecule has 154 valence electrons. The van der Waals surface area contributed by atoms with Gasteiger partial charge in [0.15, 0.2) is 0 Å². The van der Waals surface area contributed by atoms with E-state index in [2.05, 4.69) is 10.3 Å². The maximum Gasteiger partial charge on any atom is 0.256 e. The number of hydrogen-bond donors (Lipinski definition) is 1. The summed E-state index contributed by atoms with van der Waals surface area (Å²) in [5.41, 5.74) is 1.47. The molecule has 0 bridgehead atoms. The van der Waals surface area contributed by atoms with Crippen LogP contribution in [0.15, 0.2) is 54.0 Å². The molecule has 1 saturated heterocycles. The largest absolute Gasteiger partial charge is 0.339 e. The van der Waals surface area contributed by atoms with Gasteiger partial charge < -0.3 is 10.2 Å². The summed E-state index contributed by atoms with van der Waals surface area (Å²) in [7, 11) is 0. The Labute approximate surface area is 176 Å². The van der Waals surface area contributed by atoms with E-state index in [9.17, 15) is 18.4 Å². The molecule has 1 fully saturated rings. The molecule has 4 rings (SSSR count). The monoisotopic (exact) mass is 427 g/mol. The van der Waals surface area contributed by atoms with Crippen LogP contribution in [-0.4, -0.2) is 34.8 Å². The van der Waals surface area contributed by atoms with Crippen LogP contribution in [0, 0.1) is 17.6 Å². The van der Waals surface area contributed by atoms with Gasteiger partial charge in [0.05, 0.1) is 5.56 Å². The van der Waals surface area contributed by atoms with Gasteiger partial charge in [0.25, 0.3) is 5.91 Å². The first-order valence-corrected chi connectivity index (χ1v) is 10.4. The Morgan fingerprint density at radius 1 is 1.10 bits per heavy atom. The number of anilines is 1. The number of hydrogen-bond acceptors (Lipinski definition) is 4. The van der Waals surface area contributed by atoms with Crippen LogP contribution in [0.5, 0.6) is 0 Å². The van der Waals surface area contributed by atoms with E-state index in [-0.39, 0.29) is 17.4 Å². The third-order valence-corrected chi connectivity index (χ3v) is 5.95. The Kier molecular flexibility index (Phi) is 5.85. The average Bonchev–Trinajstić information content (AvgIpc) is 3.29. The fourth-order valence-electron chi connectivity index (χ4n) is 3.52. The zero-order valence-electron chi connectivity index (χ0n) is 16.0. The Bertz CT molecular complexity index is 1060. The summed E-state index contributed by atoms with van der Waals surface area (Å²) in [5.74, 6) is -2.43. The molecule has 0 unspecified atom stereocenters. The highest BCUT2D eigenvalue weighted by Gasteiger charge is 2.29. The fourth-order valence-corrected chi connectivity index (χ4v) is 4.15. The molecular weight excluding hydrogens is 408 g/mol. The molecule has 0 saturated carbocycles. The van der Waals surface area contributed by atoms with Crippen molar-refractivity contribution in [2.45, 2.75) is 12.8 Å². The number of carbonyl (C=O) groups is 2. The van der Waals surface area contributed by atoms with Gasteiger partial charge in [-0.15, -0.1) is 11.3 Å². The van der Waals surface area contributed by atoms with Crippen molar-refractivity contribution >= 4 is 28.8 Å². The standard InChI is InChI=1S/C22H19F2N3O2S/c23-16-4-5-18(19(24)13-16)22(29)27-9-6-14(7-10-27)20(28)26-17-3-1-2-15(12-17)21-25-8-11-30-21/h1-5,8,11-14H,6-7,9-10H2,(H,26,28). The fraction of sp³-hybridized carbons (Fsp3) is 0.227. The van der Waals surface area contributed by atoms with E-state index in [1.165, 1.54) is 16.2 Å². The van der Waals surface area contributed by atoms with Crippen LogP contribution in [0.1, 0.15) is 23.2 Å². The molecule has 2 aromatic carbocycles. The normalized spacial score (nSPS) is 14.5.